The summed E-state index contributed by atoms with van der Waals surface area (Å²) in [5, 5.41) is 7.61. The summed E-state index contributed by atoms with van der Waals surface area (Å²) in [6.07, 6.45) is -4.85. The smallest absolute Gasteiger partial charge is 0.406 e. The van der Waals surface area contributed by atoms with Crippen LogP contribution in [0, 0.1) is 0 Å². The molecule has 4 aromatic rings. The Kier molecular flexibility index (Phi) is 9.23. The van der Waals surface area contributed by atoms with E-state index in [1.165, 1.54) is 52.6 Å². The Morgan fingerprint density at radius 2 is 1.73 bits per heavy atom. The van der Waals surface area contributed by atoms with Gasteiger partial charge >= 0.3 is 12.4 Å². The Hall–Kier alpha value is -4.39. The van der Waals surface area contributed by atoms with E-state index in [0.717, 1.165) is 18.0 Å². The van der Waals surface area contributed by atoms with E-state index in [1.807, 2.05) is 23.1 Å². The maximum absolute atomic E-state index is 15.4. The summed E-state index contributed by atoms with van der Waals surface area (Å²) in [5.41, 5.74) is 3.63. The maximum Gasteiger partial charge on any atom is 0.573 e. The van der Waals surface area contributed by atoms with Crippen LogP contribution >= 0.6 is 11.8 Å². The van der Waals surface area contributed by atoms with E-state index >= 15 is 4.39 Å². The summed E-state index contributed by atoms with van der Waals surface area (Å²) >= 11 is 1.49. The first-order valence-electron chi connectivity index (χ1n) is 13.9. The summed E-state index contributed by atoms with van der Waals surface area (Å²) < 4.78 is 57.9. The number of hydrogen-bond acceptors (Lipinski definition) is 5. The highest BCUT2D eigenvalue weighted by atomic mass is 32.2. The van der Waals surface area contributed by atoms with Gasteiger partial charge in [0.2, 0.25) is 0 Å². The molecule has 0 radical (unpaired) electrons. The highest BCUT2D eigenvalue weighted by molar-refractivity contribution is 8.14. The molecule has 0 saturated carbocycles. The van der Waals surface area contributed by atoms with Crippen molar-refractivity contribution < 1.29 is 27.1 Å². The van der Waals surface area contributed by atoms with Gasteiger partial charge in [-0.05, 0) is 54.3 Å². The largest absolute Gasteiger partial charge is 0.573 e. The topological polar surface area (TPSA) is 84.6 Å². The number of anilines is 1. The number of rotatable bonds is 8. The summed E-state index contributed by atoms with van der Waals surface area (Å²) in [6, 6.07) is 18.3. The van der Waals surface area contributed by atoms with Gasteiger partial charge in [-0.25, -0.2) is 18.9 Å². The molecule has 44 heavy (non-hydrogen) atoms. The number of halogens is 4. The van der Waals surface area contributed by atoms with Crippen LogP contribution in [0.4, 0.5) is 28.0 Å². The molecule has 0 spiro atoms. The molecule has 230 valence electrons. The molecule has 2 amide bonds. The second-order valence-electron chi connectivity index (χ2n) is 10.4. The lowest BCUT2D eigenvalue weighted by atomic mass is 10.0. The average Bonchev–Trinajstić information content (AvgIpc) is 3.67. The molecule has 3 aromatic carbocycles. The van der Waals surface area contributed by atoms with E-state index in [9.17, 15) is 18.0 Å². The molecule has 1 aliphatic rings. The SMILES string of the molecule is CC(C)c1ccccc1N1CCS/C1=N\C(=O)NC(C)C(F)c1ccc(-c2ncn(-c3ccc(OC(F)(F)F)cc3)n2)cc1. The Morgan fingerprint density at radius 1 is 1.02 bits per heavy atom. The number of amides is 2. The third kappa shape index (κ3) is 7.39. The third-order valence-corrected chi connectivity index (χ3v) is 7.88. The highest BCUT2D eigenvalue weighted by Crippen LogP contribution is 2.33. The van der Waals surface area contributed by atoms with Crippen molar-refractivity contribution in [1.29, 1.82) is 0 Å². The number of amidine groups is 1. The second-order valence-corrected chi connectivity index (χ2v) is 11.5. The molecule has 13 heteroatoms. The van der Waals surface area contributed by atoms with Crippen molar-refractivity contribution in [3.05, 3.63) is 90.3 Å². The van der Waals surface area contributed by atoms with Crippen LogP contribution < -0.4 is 15.0 Å². The predicted octanol–water partition coefficient (Wildman–Crippen LogP) is 7.67. The van der Waals surface area contributed by atoms with Crippen molar-refractivity contribution in [3.8, 4) is 22.8 Å². The molecule has 1 aliphatic heterocycles. The van der Waals surface area contributed by atoms with Crippen LogP contribution in [0.25, 0.3) is 17.1 Å². The quantitative estimate of drug-likeness (QED) is 0.202. The van der Waals surface area contributed by atoms with Crippen LogP contribution in [0.5, 0.6) is 5.75 Å². The van der Waals surface area contributed by atoms with Crippen molar-refractivity contribution in [2.75, 3.05) is 17.2 Å². The minimum absolute atomic E-state index is 0.305. The molecular weight excluding hydrogens is 596 g/mol. The number of urea groups is 1. The van der Waals surface area contributed by atoms with Crippen LogP contribution in [0.1, 0.15) is 44.0 Å². The molecular formula is C31H30F4N6O2S. The molecule has 1 N–H and O–H groups in total. The van der Waals surface area contributed by atoms with E-state index in [1.54, 1.807) is 31.2 Å². The lowest BCUT2D eigenvalue weighted by Gasteiger charge is -2.23. The summed E-state index contributed by atoms with van der Waals surface area (Å²) in [5.74, 6) is 1.10. The Balaban J connectivity index is 1.21. The molecule has 0 bridgehead atoms. The number of hydrogen-bond donors (Lipinski definition) is 1. The standard InChI is InChI=1S/C31H30F4N6O2S/c1-19(2)25-6-4-5-7-26(25)40-16-17-44-30(40)38-29(42)37-20(3)27(32)21-8-10-22(11-9-21)28-36-18-41(39-28)23-12-14-24(15-13-23)43-31(33,34)35/h4-15,18-20,27H,16-17H2,1-3H3,(H,37,42)/b38-30-. The minimum Gasteiger partial charge on any atom is -0.406 e. The van der Waals surface area contributed by atoms with E-state index < -0.39 is 24.6 Å². The number of ether oxygens (including phenoxy) is 1. The number of aromatic nitrogens is 3. The van der Waals surface area contributed by atoms with Crippen LogP contribution in [0.2, 0.25) is 0 Å². The van der Waals surface area contributed by atoms with E-state index in [2.05, 4.69) is 45.0 Å². The normalized spacial score (nSPS) is 15.9. The van der Waals surface area contributed by atoms with Crippen LogP contribution in [-0.2, 0) is 0 Å². The zero-order valence-corrected chi connectivity index (χ0v) is 24.9. The van der Waals surface area contributed by atoms with Gasteiger partial charge in [0.15, 0.2) is 11.0 Å². The van der Waals surface area contributed by atoms with Gasteiger partial charge in [-0.3, -0.25) is 0 Å². The number of carbonyl (C=O) groups is 1. The molecule has 5 rings (SSSR count). The van der Waals surface area contributed by atoms with E-state index in [0.29, 0.717) is 33.7 Å². The zero-order valence-electron chi connectivity index (χ0n) is 24.1. The molecule has 2 heterocycles. The minimum atomic E-state index is -4.78. The maximum atomic E-state index is 15.4. The summed E-state index contributed by atoms with van der Waals surface area (Å²) in [7, 11) is 0. The van der Waals surface area contributed by atoms with Gasteiger partial charge in [0.05, 0.1) is 11.7 Å². The number of aliphatic imine (C=N–C) groups is 1. The fourth-order valence-corrected chi connectivity index (χ4v) is 5.70. The van der Waals surface area contributed by atoms with Crippen LogP contribution in [0.15, 0.2) is 84.1 Å². The molecule has 2 atom stereocenters. The molecule has 0 aliphatic carbocycles. The van der Waals surface area contributed by atoms with E-state index in [4.69, 9.17) is 0 Å². The van der Waals surface area contributed by atoms with Crippen LogP contribution in [0.3, 0.4) is 0 Å². The van der Waals surface area contributed by atoms with Gasteiger partial charge in [-0.2, -0.15) is 4.99 Å². The lowest BCUT2D eigenvalue weighted by Crippen LogP contribution is -2.35. The molecule has 2 unspecified atom stereocenters. The fourth-order valence-electron chi connectivity index (χ4n) is 4.75. The van der Waals surface area contributed by atoms with Crippen molar-refractivity contribution in [2.24, 2.45) is 4.99 Å². The Labute approximate surface area is 256 Å². The third-order valence-electron chi connectivity index (χ3n) is 6.93. The number of nitrogens with zero attached hydrogens (tertiary/aromatic N) is 5. The van der Waals surface area contributed by atoms with Crippen molar-refractivity contribution in [1.82, 2.24) is 20.1 Å². The Bertz CT molecular complexity index is 1620. The lowest BCUT2D eigenvalue weighted by molar-refractivity contribution is -0.274. The Morgan fingerprint density at radius 3 is 2.41 bits per heavy atom. The molecule has 1 fully saturated rings. The zero-order chi connectivity index (χ0) is 31.4. The highest BCUT2D eigenvalue weighted by Gasteiger charge is 2.31. The molecule has 1 aromatic heterocycles. The van der Waals surface area contributed by atoms with E-state index in [-0.39, 0.29) is 5.75 Å². The second kappa shape index (κ2) is 13.1. The number of para-hydroxylation sites is 1. The number of benzene rings is 3. The van der Waals surface area contributed by atoms with Crippen LogP contribution in [-0.4, -0.2) is 50.7 Å². The first-order valence-corrected chi connectivity index (χ1v) is 14.9. The average molecular weight is 627 g/mol. The first kappa shape index (κ1) is 31.0. The summed E-state index contributed by atoms with van der Waals surface area (Å²) in [4.78, 5) is 23.3. The van der Waals surface area contributed by atoms with Gasteiger partial charge < -0.3 is 15.0 Å². The van der Waals surface area contributed by atoms with Gasteiger partial charge in [-0.15, -0.1) is 18.3 Å². The predicted molar refractivity (Wildman–Crippen MR) is 163 cm³/mol. The van der Waals surface area contributed by atoms with Crippen molar-refractivity contribution >= 4 is 28.6 Å². The molecule has 1 saturated heterocycles. The van der Waals surface area contributed by atoms with Gasteiger partial charge in [0.1, 0.15) is 18.2 Å². The number of alkyl halides is 4. The van der Waals surface area contributed by atoms with Crippen molar-refractivity contribution in [3.63, 3.8) is 0 Å². The summed E-state index contributed by atoms with van der Waals surface area (Å²) in [6.45, 7) is 6.54. The number of carbonyl (C=O) groups excluding carboxylic acids is 1. The molecule has 8 nitrogen and oxygen atoms in total. The van der Waals surface area contributed by atoms with Gasteiger partial charge in [-0.1, -0.05) is 68.1 Å². The fraction of sp³-hybridized carbons (Fsp3) is 0.290. The van der Waals surface area contributed by atoms with Crippen molar-refractivity contribution in [2.45, 2.75) is 45.3 Å². The number of thioether (sulfide) groups is 1. The number of nitrogens with one attached hydrogen (secondary N) is 1. The van der Waals surface area contributed by atoms with Gasteiger partial charge in [0, 0.05) is 23.5 Å². The first-order chi connectivity index (χ1) is 21.0. The monoisotopic (exact) mass is 626 g/mol. The van der Waals surface area contributed by atoms with Gasteiger partial charge in [0.25, 0.3) is 0 Å².